The standard InChI is InChI=1S/C9H9NO2S/c1-5-10-7-3-2-6(4-11)8(12)9(7)13-5/h4,11H,2-3H2,1H3. The Morgan fingerprint density at radius 1 is 1.54 bits per heavy atom. The Labute approximate surface area is 79.7 Å². The van der Waals surface area contributed by atoms with E-state index in [1.54, 1.807) is 0 Å². The lowest BCUT2D eigenvalue weighted by Crippen LogP contribution is -2.12. The van der Waals surface area contributed by atoms with Crippen LogP contribution >= 0.6 is 11.3 Å². The molecule has 1 aliphatic rings. The van der Waals surface area contributed by atoms with Gasteiger partial charge in [0.2, 0.25) is 5.78 Å². The predicted molar refractivity (Wildman–Crippen MR) is 50.2 cm³/mol. The molecule has 1 aliphatic carbocycles. The molecule has 0 spiro atoms. The summed E-state index contributed by atoms with van der Waals surface area (Å²) in [5.74, 6) is -0.0608. The molecular formula is C9H9NO2S. The smallest absolute Gasteiger partial charge is 0.203 e. The largest absolute Gasteiger partial charge is 0.515 e. The quantitative estimate of drug-likeness (QED) is 0.509. The number of fused-ring (bicyclic) bond motifs is 1. The lowest BCUT2D eigenvalue weighted by molar-refractivity contribution is 0.102. The summed E-state index contributed by atoms with van der Waals surface area (Å²) in [6.45, 7) is 1.89. The second-order valence-electron chi connectivity index (χ2n) is 2.99. The topological polar surface area (TPSA) is 50.2 Å². The third-order valence-electron chi connectivity index (χ3n) is 2.09. The van der Waals surface area contributed by atoms with Gasteiger partial charge in [-0.25, -0.2) is 4.98 Å². The fourth-order valence-corrected chi connectivity index (χ4v) is 2.39. The van der Waals surface area contributed by atoms with Crippen molar-refractivity contribution in [3.8, 4) is 0 Å². The third kappa shape index (κ3) is 1.27. The van der Waals surface area contributed by atoms with Crippen LogP contribution < -0.4 is 0 Å². The van der Waals surface area contributed by atoms with Gasteiger partial charge in [0.05, 0.1) is 21.8 Å². The molecule has 0 atom stereocenters. The number of thiazole rings is 1. The molecular weight excluding hydrogens is 186 g/mol. The molecule has 1 N–H and O–H groups in total. The minimum atomic E-state index is -0.0608. The molecule has 0 saturated carbocycles. The van der Waals surface area contributed by atoms with Crippen molar-refractivity contribution < 1.29 is 9.90 Å². The Balaban J connectivity index is 2.50. The van der Waals surface area contributed by atoms with E-state index in [1.165, 1.54) is 11.3 Å². The van der Waals surface area contributed by atoms with Crippen LogP contribution in [0, 0.1) is 6.92 Å². The van der Waals surface area contributed by atoms with E-state index in [0.717, 1.165) is 23.4 Å². The molecule has 0 amide bonds. The summed E-state index contributed by atoms with van der Waals surface area (Å²) in [6.07, 6.45) is 2.28. The molecule has 0 radical (unpaired) electrons. The van der Waals surface area contributed by atoms with E-state index >= 15 is 0 Å². The Kier molecular flexibility index (Phi) is 1.92. The number of carbonyl (C=O) groups excluding carboxylic acids is 1. The number of aryl methyl sites for hydroxylation is 2. The first kappa shape index (κ1) is 8.44. The van der Waals surface area contributed by atoms with Crippen LogP contribution in [0.3, 0.4) is 0 Å². The molecule has 4 heteroatoms. The molecule has 0 fully saturated rings. The van der Waals surface area contributed by atoms with E-state index in [4.69, 9.17) is 5.11 Å². The lowest BCUT2D eigenvalue weighted by atomic mass is 9.97. The molecule has 2 rings (SSSR count). The zero-order chi connectivity index (χ0) is 9.42. The highest BCUT2D eigenvalue weighted by Crippen LogP contribution is 2.28. The van der Waals surface area contributed by atoms with Gasteiger partial charge in [0.25, 0.3) is 0 Å². The zero-order valence-electron chi connectivity index (χ0n) is 7.20. The maximum atomic E-state index is 11.6. The molecule has 1 aromatic heterocycles. The van der Waals surface area contributed by atoms with E-state index in [1.807, 2.05) is 6.92 Å². The number of allylic oxidation sites excluding steroid dienone is 1. The lowest BCUT2D eigenvalue weighted by Gasteiger charge is -2.09. The summed E-state index contributed by atoms with van der Waals surface area (Å²) in [6, 6.07) is 0. The first-order chi connectivity index (χ1) is 6.22. The number of aliphatic hydroxyl groups is 1. The molecule has 68 valence electrons. The molecule has 0 saturated heterocycles. The molecule has 0 unspecified atom stereocenters. The summed E-state index contributed by atoms with van der Waals surface area (Å²) in [5.41, 5.74) is 1.38. The van der Waals surface area contributed by atoms with Crippen molar-refractivity contribution in [3.63, 3.8) is 0 Å². The van der Waals surface area contributed by atoms with Crippen molar-refractivity contribution >= 4 is 17.1 Å². The molecule has 0 aromatic carbocycles. The van der Waals surface area contributed by atoms with Crippen LogP contribution in [0.15, 0.2) is 11.8 Å². The van der Waals surface area contributed by atoms with E-state index in [9.17, 15) is 4.79 Å². The fraction of sp³-hybridized carbons (Fsp3) is 0.333. The summed E-state index contributed by atoms with van der Waals surface area (Å²) < 4.78 is 0. The number of hydrogen-bond acceptors (Lipinski definition) is 4. The van der Waals surface area contributed by atoms with Crippen molar-refractivity contribution in [2.24, 2.45) is 0 Å². The molecule has 3 nitrogen and oxygen atoms in total. The number of rotatable bonds is 0. The van der Waals surface area contributed by atoms with Gasteiger partial charge in [0.15, 0.2) is 0 Å². The Bertz CT molecular complexity index is 392. The number of carbonyl (C=O) groups is 1. The Hall–Kier alpha value is -1.16. The molecule has 0 aliphatic heterocycles. The molecule has 0 bridgehead atoms. The van der Waals surface area contributed by atoms with Gasteiger partial charge in [0, 0.05) is 5.57 Å². The van der Waals surface area contributed by atoms with Gasteiger partial charge in [-0.3, -0.25) is 4.79 Å². The third-order valence-corrected chi connectivity index (χ3v) is 3.10. The SMILES string of the molecule is Cc1nc2c(s1)C(=O)C(=CO)CC2. The maximum Gasteiger partial charge on any atom is 0.203 e. The average molecular weight is 195 g/mol. The highest BCUT2D eigenvalue weighted by molar-refractivity contribution is 7.14. The van der Waals surface area contributed by atoms with Crippen molar-refractivity contribution in [3.05, 3.63) is 27.4 Å². The highest BCUT2D eigenvalue weighted by atomic mass is 32.1. The van der Waals surface area contributed by atoms with Crippen LogP contribution in [-0.2, 0) is 6.42 Å². The Morgan fingerprint density at radius 2 is 2.31 bits per heavy atom. The van der Waals surface area contributed by atoms with Gasteiger partial charge in [0.1, 0.15) is 0 Å². The normalized spacial score (nSPS) is 19.2. The zero-order valence-corrected chi connectivity index (χ0v) is 8.02. The molecule has 13 heavy (non-hydrogen) atoms. The highest BCUT2D eigenvalue weighted by Gasteiger charge is 2.25. The van der Waals surface area contributed by atoms with E-state index in [0.29, 0.717) is 16.9 Å². The number of hydrogen-bond donors (Lipinski definition) is 1. The maximum absolute atomic E-state index is 11.6. The number of aromatic nitrogens is 1. The van der Waals surface area contributed by atoms with Crippen LogP contribution in [0.2, 0.25) is 0 Å². The van der Waals surface area contributed by atoms with Gasteiger partial charge in [-0.1, -0.05) is 0 Å². The number of nitrogens with zero attached hydrogens (tertiary/aromatic N) is 1. The molecule has 1 aromatic rings. The van der Waals surface area contributed by atoms with Crippen LogP contribution in [0.5, 0.6) is 0 Å². The Morgan fingerprint density at radius 3 is 3.00 bits per heavy atom. The van der Waals surface area contributed by atoms with Crippen LogP contribution in [0.25, 0.3) is 0 Å². The summed E-state index contributed by atoms with van der Waals surface area (Å²) in [7, 11) is 0. The predicted octanol–water partition coefficient (Wildman–Crippen LogP) is 2.02. The summed E-state index contributed by atoms with van der Waals surface area (Å²) in [4.78, 5) is 16.6. The van der Waals surface area contributed by atoms with Gasteiger partial charge in [-0.15, -0.1) is 11.3 Å². The number of ketones is 1. The first-order valence-electron chi connectivity index (χ1n) is 4.06. The van der Waals surface area contributed by atoms with Crippen molar-refractivity contribution in [1.29, 1.82) is 0 Å². The molecule has 1 heterocycles. The van der Waals surface area contributed by atoms with E-state index in [-0.39, 0.29) is 5.78 Å². The second-order valence-corrected chi connectivity index (χ2v) is 4.20. The monoisotopic (exact) mass is 195 g/mol. The minimum Gasteiger partial charge on any atom is -0.515 e. The number of aliphatic hydroxyl groups excluding tert-OH is 1. The van der Waals surface area contributed by atoms with Crippen LogP contribution in [0.4, 0.5) is 0 Å². The summed E-state index contributed by atoms with van der Waals surface area (Å²) >= 11 is 1.40. The van der Waals surface area contributed by atoms with Gasteiger partial charge < -0.3 is 5.11 Å². The van der Waals surface area contributed by atoms with Gasteiger partial charge in [-0.05, 0) is 19.8 Å². The van der Waals surface area contributed by atoms with Crippen LogP contribution in [0.1, 0.15) is 26.8 Å². The van der Waals surface area contributed by atoms with Gasteiger partial charge in [-0.2, -0.15) is 0 Å². The van der Waals surface area contributed by atoms with Crippen molar-refractivity contribution in [2.45, 2.75) is 19.8 Å². The van der Waals surface area contributed by atoms with Crippen molar-refractivity contribution in [2.75, 3.05) is 0 Å². The number of Topliss-reactive ketones (excluding diaryl/α,β-unsaturated/α-hetero) is 1. The minimum absolute atomic E-state index is 0.0608. The summed E-state index contributed by atoms with van der Waals surface area (Å²) in [5, 5.41) is 9.71. The fourth-order valence-electron chi connectivity index (χ4n) is 1.45. The van der Waals surface area contributed by atoms with E-state index < -0.39 is 0 Å². The van der Waals surface area contributed by atoms with Gasteiger partial charge >= 0.3 is 0 Å². The average Bonchev–Trinajstić information content (AvgIpc) is 2.47. The van der Waals surface area contributed by atoms with E-state index in [2.05, 4.69) is 4.98 Å². The van der Waals surface area contributed by atoms with Crippen LogP contribution in [-0.4, -0.2) is 15.9 Å². The van der Waals surface area contributed by atoms with Crippen molar-refractivity contribution in [1.82, 2.24) is 4.98 Å². The second kappa shape index (κ2) is 2.96. The first-order valence-corrected chi connectivity index (χ1v) is 4.88.